The number of nitrogens with zero attached hydrogens (tertiary/aromatic N) is 1. The zero-order chi connectivity index (χ0) is 15.6. The fraction of sp³-hybridized carbons (Fsp3) is 0.250. The van der Waals surface area contributed by atoms with Crippen LogP contribution in [0.25, 0.3) is 10.9 Å². The molecule has 3 heteroatoms. The lowest BCUT2D eigenvalue weighted by Crippen LogP contribution is -2.29. The molecule has 23 heavy (non-hydrogen) atoms. The molecule has 0 spiro atoms. The number of aromatic nitrogens is 1. The van der Waals surface area contributed by atoms with Crippen molar-refractivity contribution >= 4 is 16.8 Å². The number of benzene rings is 2. The Labute approximate surface area is 135 Å². The molecular weight excluding hydrogens is 284 g/mol. The average Bonchev–Trinajstić information content (AvgIpc) is 3.22. The monoisotopic (exact) mass is 304 g/mol. The Bertz CT molecular complexity index is 822. The van der Waals surface area contributed by atoms with E-state index in [1.165, 1.54) is 16.5 Å². The first-order valence-corrected chi connectivity index (χ1v) is 8.19. The molecule has 1 amide bonds. The van der Waals surface area contributed by atoms with Gasteiger partial charge in [-0.1, -0.05) is 48.5 Å². The average molecular weight is 304 g/mol. The molecule has 1 aliphatic heterocycles. The summed E-state index contributed by atoms with van der Waals surface area (Å²) in [7, 11) is 0. The molecule has 3 aromatic rings. The molecule has 4 rings (SSSR count). The lowest BCUT2D eigenvalue weighted by Gasteiger charge is -2.16. The second-order valence-electron chi connectivity index (χ2n) is 6.28. The summed E-state index contributed by atoms with van der Waals surface area (Å²) in [4.78, 5) is 17.9. The highest BCUT2D eigenvalue weighted by molar-refractivity contribution is 5.84. The van der Waals surface area contributed by atoms with Gasteiger partial charge in [-0.2, -0.15) is 0 Å². The maximum absolute atomic E-state index is 12.5. The zero-order valence-corrected chi connectivity index (χ0v) is 13.0. The van der Waals surface area contributed by atoms with Gasteiger partial charge in [0.25, 0.3) is 0 Å². The molecule has 3 nitrogen and oxygen atoms in total. The summed E-state index contributed by atoms with van der Waals surface area (Å²) in [6.07, 6.45) is 3.66. The molecule has 0 bridgehead atoms. The van der Waals surface area contributed by atoms with Crippen LogP contribution in [0, 0.1) is 0 Å². The lowest BCUT2D eigenvalue weighted by atomic mass is 9.98. The number of likely N-dealkylation sites (tertiary alicyclic amines) is 1. The number of nitrogens with one attached hydrogen (secondary N) is 1. The maximum Gasteiger partial charge on any atom is 0.227 e. The van der Waals surface area contributed by atoms with Crippen molar-refractivity contribution in [1.82, 2.24) is 9.88 Å². The number of carbonyl (C=O) groups is 1. The molecule has 1 aromatic heterocycles. The van der Waals surface area contributed by atoms with Crippen molar-refractivity contribution in [2.24, 2.45) is 0 Å². The van der Waals surface area contributed by atoms with Crippen LogP contribution in [0.2, 0.25) is 0 Å². The largest absolute Gasteiger partial charge is 0.361 e. The van der Waals surface area contributed by atoms with E-state index in [2.05, 4.69) is 29.4 Å². The summed E-state index contributed by atoms with van der Waals surface area (Å²) < 4.78 is 0. The van der Waals surface area contributed by atoms with Gasteiger partial charge in [0.1, 0.15) is 0 Å². The molecule has 1 aliphatic rings. The first kappa shape index (κ1) is 14.1. The van der Waals surface area contributed by atoms with E-state index in [-0.39, 0.29) is 5.91 Å². The second-order valence-corrected chi connectivity index (χ2v) is 6.28. The van der Waals surface area contributed by atoms with Crippen LogP contribution in [0.1, 0.15) is 23.5 Å². The Kier molecular flexibility index (Phi) is 3.62. The van der Waals surface area contributed by atoms with Gasteiger partial charge >= 0.3 is 0 Å². The van der Waals surface area contributed by atoms with Gasteiger partial charge in [0.05, 0.1) is 6.42 Å². The van der Waals surface area contributed by atoms with Gasteiger partial charge in [0.15, 0.2) is 0 Å². The summed E-state index contributed by atoms with van der Waals surface area (Å²) in [6, 6.07) is 18.4. The van der Waals surface area contributed by atoms with E-state index >= 15 is 0 Å². The smallest absolute Gasteiger partial charge is 0.227 e. The van der Waals surface area contributed by atoms with Crippen LogP contribution in [0.3, 0.4) is 0 Å². The molecule has 0 radical (unpaired) electrons. The van der Waals surface area contributed by atoms with Crippen LogP contribution in [0.15, 0.2) is 60.8 Å². The summed E-state index contributed by atoms with van der Waals surface area (Å²) in [5.41, 5.74) is 3.61. The first-order valence-electron chi connectivity index (χ1n) is 8.19. The Balaban J connectivity index is 1.48. The van der Waals surface area contributed by atoms with Crippen molar-refractivity contribution < 1.29 is 4.79 Å². The van der Waals surface area contributed by atoms with Crippen molar-refractivity contribution in [3.8, 4) is 0 Å². The summed E-state index contributed by atoms with van der Waals surface area (Å²) in [5.74, 6) is 0.671. The normalized spacial score (nSPS) is 17.7. The molecule has 116 valence electrons. The summed E-state index contributed by atoms with van der Waals surface area (Å²) in [5, 5.41) is 1.29. The number of H-pyrrole nitrogens is 1. The Morgan fingerprint density at radius 3 is 2.74 bits per heavy atom. The van der Waals surface area contributed by atoms with E-state index in [0.717, 1.165) is 25.1 Å². The van der Waals surface area contributed by atoms with Gasteiger partial charge in [-0.25, -0.2) is 0 Å². The van der Waals surface area contributed by atoms with Crippen molar-refractivity contribution in [2.45, 2.75) is 18.8 Å². The molecule has 1 saturated heterocycles. The van der Waals surface area contributed by atoms with Gasteiger partial charge in [0.2, 0.25) is 5.91 Å². The van der Waals surface area contributed by atoms with E-state index in [0.29, 0.717) is 12.3 Å². The number of hydrogen-bond donors (Lipinski definition) is 1. The molecular formula is C20H20N2O. The molecule has 1 fully saturated rings. The molecule has 1 N–H and O–H groups in total. The fourth-order valence-corrected chi connectivity index (χ4v) is 3.55. The van der Waals surface area contributed by atoms with E-state index < -0.39 is 0 Å². The van der Waals surface area contributed by atoms with Crippen molar-refractivity contribution in [1.29, 1.82) is 0 Å². The second kappa shape index (κ2) is 5.92. The molecule has 1 unspecified atom stereocenters. The van der Waals surface area contributed by atoms with Gasteiger partial charge < -0.3 is 9.88 Å². The van der Waals surface area contributed by atoms with Crippen LogP contribution < -0.4 is 0 Å². The third-order valence-corrected chi connectivity index (χ3v) is 4.80. The highest BCUT2D eigenvalue weighted by Crippen LogP contribution is 2.32. The molecule has 1 atom stereocenters. The van der Waals surface area contributed by atoms with Crippen molar-refractivity contribution in [2.75, 3.05) is 13.1 Å². The minimum Gasteiger partial charge on any atom is -0.361 e. The predicted molar refractivity (Wildman–Crippen MR) is 92.4 cm³/mol. The molecule has 0 saturated carbocycles. The van der Waals surface area contributed by atoms with Crippen LogP contribution in [0.4, 0.5) is 0 Å². The van der Waals surface area contributed by atoms with Crippen LogP contribution in [-0.4, -0.2) is 28.9 Å². The number of amides is 1. The SMILES string of the molecule is O=C(Cc1ccccc1)N1CCC(c2c[nH]c3ccccc23)C1. The van der Waals surface area contributed by atoms with Crippen molar-refractivity contribution in [3.63, 3.8) is 0 Å². The number of fused-ring (bicyclic) bond motifs is 1. The predicted octanol–water partition coefficient (Wildman–Crippen LogP) is 3.73. The molecule has 0 aliphatic carbocycles. The minimum atomic E-state index is 0.235. The van der Waals surface area contributed by atoms with E-state index in [4.69, 9.17) is 0 Å². The Morgan fingerprint density at radius 2 is 1.87 bits per heavy atom. The number of hydrogen-bond acceptors (Lipinski definition) is 1. The zero-order valence-electron chi connectivity index (χ0n) is 13.0. The van der Waals surface area contributed by atoms with Crippen LogP contribution >= 0.6 is 0 Å². The summed E-state index contributed by atoms with van der Waals surface area (Å²) >= 11 is 0. The number of aromatic amines is 1. The highest BCUT2D eigenvalue weighted by Gasteiger charge is 2.28. The topological polar surface area (TPSA) is 36.1 Å². The molecule has 2 aromatic carbocycles. The van der Waals surface area contributed by atoms with Gasteiger partial charge in [-0.3, -0.25) is 4.79 Å². The Hall–Kier alpha value is -2.55. The standard InChI is InChI=1S/C20H20N2O/c23-20(12-15-6-2-1-3-7-15)22-11-10-16(14-22)18-13-21-19-9-5-4-8-17(18)19/h1-9,13,16,21H,10-12,14H2. The van der Waals surface area contributed by atoms with Gasteiger partial charge in [-0.15, -0.1) is 0 Å². The number of rotatable bonds is 3. The van der Waals surface area contributed by atoms with Crippen LogP contribution in [-0.2, 0) is 11.2 Å². The third kappa shape index (κ3) is 2.74. The fourth-order valence-electron chi connectivity index (χ4n) is 3.55. The summed E-state index contributed by atoms with van der Waals surface area (Å²) in [6.45, 7) is 1.68. The maximum atomic E-state index is 12.5. The van der Waals surface area contributed by atoms with Gasteiger partial charge in [0, 0.05) is 36.1 Å². The first-order chi connectivity index (χ1) is 11.3. The van der Waals surface area contributed by atoms with Crippen molar-refractivity contribution in [3.05, 3.63) is 71.9 Å². The van der Waals surface area contributed by atoms with Crippen LogP contribution in [0.5, 0.6) is 0 Å². The minimum absolute atomic E-state index is 0.235. The Morgan fingerprint density at radius 1 is 1.09 bits per heavy atom. The number of para-hydroxylation sites is 1. The molecule has 2 heterocycles. The third-order valence-electron chi connectivity index (χ3n) is 4.80. The van der Waals surface area contributed by atoms with E-state index in [9.17, 15) is 4.79 Å². The number of carbonyl (C=O) groups excluding carboxylic acids is 1. The van der Waals surface area contributed by atoms with E-state index in [1.54, 1.807) is 0 Å². The highest BCUT2D eigenvalue weighted by atomic mass is 16.2. The van der Waals surface area contributed by atoms with E-state index in [1.807, 2.05) is 41.3 Å². The lowest BCUT2D eigenvalue weighted by molar-refractivity contribution is -0.129. The quantitative estimate of drug-likeness (QED) is 0.786. The van der Waals surface area contributed by atoms with Gasteiger partial charge in [-0.05, 0) is 23.6 Å².